The summed E-state index contributed by atoms with van der Waals surface area (Å²) in [6.07, 6.45) is 1.55. The fraction of sp³-hybridized carbons (Fsp3) is 0.111. The van der Waals surface area contributed by atoms with E-state index >= 15 is 0 Å². The van der Waals surface area contributed by atoms with Gasteiger partial charge >= 0.3 is 0 Å². The summed E-state index contributed by atoms with van der Waals surface area (Å²) < 4.78 is 12.2. The highest BCUT2D eigenvalue weighted by Gasteiger charge is 2.13. The van der Waals surface area contributed by atoms with Gasteiger partial charge in [-0.25, -0.2) is 4.68 Å². The third kappa shape index (κ3) is 4.30. The van der Waals surface area contributed by atoms with E-state index in [4.69, 9.17) is 21.1 Å². The van der Waals surface area contributed by atoms with E-state index in [0.29, 0.717) is 27.9 Å². The van der Waals surface area contributed by atoms with Gasteiger partial charge in [-0.2, -0.15) is 5.10 Å². The zero-order valence-corrected chi connectivity index (χ0v) is 14.2. The van der Waals surface area contributed by atoms with Crippen molar-refractivity contribution >= 4 is 23.2 Å². The van der Waals surface area contributed by atoms with Crippen LogP contribution < -0.4 is 14.8 Å². The standard InChI is InChI=1S/C18H16ClN3O3/c1-24-16-4-2-3-14(11-16)21-18(23)17-9-10-20-22(17)12-25-15-7-5-13(19)6-8-15/h2-11H,12H2,1H3,(H,21,23). The molecule has 0 saturated heterocycles. The largest absolute Gasteiger partial charge is 0.497 e. The van der Waals surface area contributed by atoms with Gasteiger partial charge in [0.15, 0.2) is 6.73 Å². The van der Waals surface area contributed by atoms with Crippen LogP contribution in [0.4, 0.5) is 5.69 Å². The average Bonchev–Trinajstić information content (AvgIpc) is 3.10. The molecule has 1 N–H and O–H groups in total. The number of rotatable bonds is 6. The van der Waals surface area contributed by atoms with Crippen LogP contribution in [0.25, 0.3) is 0 Å². The molecule has 0 atom stereocenters. The zero-order chi connectivity index (χ0) is 17.6. The van der Waals surface area contributed by atoms with Gasteiger partial charge in [-0.05, 0) is 42.5 Å². The van der Waals surface area contributed by atoms with Gasteiger partial charge in [0, 0.05) is 23.0 Å². The van der Waals surface area contributed by atoms with Crippen molar-refractivity contribution in [2.45, 2.75) is 6.73 Å². The summed E-state index contributed by atoms with van der Waals surface area (Å²) in [7, 11) is 1.57. The molecule has 1 aromatic heterocycles. The average molecular weight is 358 g/mol. The molecule has 1 heterocycles. The molecule has 0 aliphatic heterocycles. The van der Waals surface area contributed by atoms with Crippen LogP contribution >= 0.6 is 11.6 Å². The van der Waals surface area contributed by atoms with E-state index in [0.717, 1.165) is 0 Å². The van der Waals surface area contributed by atoms with Gasteiger partial charge < -0.3 is 14.8 Å². The Balaban J connectivity index is 1.67. The second kappa shape index (κ2) is 7.72. The predicted octanol–water partition coefficient (Wildman–Crippen LogP) is 3.83. The number of methoxy groups -OCH3 is 1. The molecule has 0 aliphatic rings. The minimum atomic E-state index is -0.287. The minimum Gasteiger partial charge on any atom is -0.497 e. The number of nitrogens with zero attached hydrogens (tertiary/aromatic N) is 2. The lowest BCUT2D eigenvalue weighted by atomic mass is 10.3. The summed E-state index contributed by atoms with van der Waals surface area (Å²) in [6, 6.07) is 15.7. The van der Waals surface area contributed by atoms with E-state index in [2.05, 4.69) is 10.4 Å². The SMILES string of the molecule is COc1cccc(NC(=O)c2ccnn2COc2ccc(Cl)cc2)c1. The number of ether oxygens (including phenoxy) is 2. The topological polar surface area (TPSA) is 65.4 Å². The van der Waals surface area contributed by atoms with Crippen molar-refractivity contribution in [2.24, 2.45) is 0 Å². The molecule has 128 valence electrons. The van der Waals surface area contributed by atoms with E-state index in [1.54, 1.807) is 67.9 Å². The molecular formula is C18H16ClN3O3. The summed E-state index contributed by atoms with van der Waals surface area (Å²) >= 11 is 5.84. The van der Waals surface area contributed by atoms with Crippen LogP contribution in [-0.4, -0.2) is 22.8 Å². The number of benzene rings is 2. The van der Waals surface area contributed by atoms with Crippen LogP contribution in [0.2, 0.25) is 5.02 Å². The predicted molar refractivity (Wildman–Crippen MR) is 95.3 cm³/mol. The van der Waals surface area contributed by atoms with Gasteiger partial charge in [0.05, 0.1) is 7.11 Å². The highest BCUT2D eigenvalue weighted by molar-refractivity contribution is 6.30. The van der Waals surface area contributed by atoms with E-state index in [1.807, 2.05) is 0 Å². The van der Waals surface area contributed by atoms with E-state index in [-0.39, 0.29) is 12.6 Å². The van der Waals surface area contributed by atoms with Crippen molar-refractivity contribution in [1.82, 2.24) is 9.78 Å². The van der Waals surface area contributed by atoms with Crippen LogP contribution in [0, 0.1) is 0 Å². The number of anilines is 1. The Bertz CT molecular complexity index is 862. The van der Waals surface area contributed by atoms with Crippen molar-refractivity contribution in [3.8, 4) is 11.5 Å². The lowest BCUT2D eigenvalue weighted by Crippen LogP contribution is -2.19. The second-order valence-electron chi connectivity index (χ2n) is 5.13. The van der Waals surface area contributed by atoms with Crippen LogP contribution in [0.15, 0.2) is 60.8 Å². The summed E-state index contributed by atoms with van der Waals surface area (Å²) in [5.74, 6) is 1.02. The van der Waals surface area contributed by atoms with Crippen molar-refractivity contribution in [3.63, 3.8) is 0 Å². The molecule has 7 heteroatoms. The first-order valence-electron chi connectivity index (χ1n) is 7.51. The first kappa shape index (κ1) is 16.9. The number of aromatic nitrogens is 2. The molecule has 0 radical (unpaired) electrons. The van der Waals surface area contributed by atoms with Gasteiger partial charge in [0.25, 0.3) is 5.91 Å². The quantitative estimate of drug-likeness (QED) is 0.728. The molecule has 1 amide bonds. The van der Waals surface area contributed by atoms with Gasteiger partial charge in [-0.3, -0.25) is 4.79 Å². The molecule has 3 aromatic rings. The molecule has 6 nitrogen and oxygen atoms in total. The van der Waals surface area contributed by atoms with Crippen LogP contribution in [0.1, 0.15) is 10.5 Å². The van der Waals surface area contributed by atoms with Crippen molar-refractivity contribution in [3.05, 3.63) is 71.5 Å². The molecule has 3 rings (SSSR count). The smallest absolute Gasteiger partial charge is 0.274 e. The third-order valence-corrected chi connectivity index (χ3v) is 3.70. The molecular weight excluding hydrogens is 342 g/mol. The Morgan fingerprint density at radius 3 is 2.72 bits per heavy atom. The lowest BCUT2D eigenvalue weighted by molar-refractivity contribution is 0.100. The number of carbonyl (C=O) groups excluding carboxylic acids is 1. The van der Waals surface area contributed by atoms with Crippen LogP contribution in [-0.2, 0) is 6.73 Å². The van der Waals surface area contributed by atoms with Crippen molar-refractivity contribution in [1.29, 1.82) is 0 Å². The third-order valence-electron chi connectivity index (χ3n) is 3.44. The number of hydrogen-bond acceptors (Lipinski definition) is 4. The maximum Gasteiger partial charge on any atom is 0.274 e. The Morgan fingerprint density at radius 1 is 1.16 bits per heavy atom. The highest BCUT2D eigenvalue weighted by Crippen LogP contribution is 2.18. The van der Waals surface area contributed by atoms with Crippen molar-refractivity contribution in [2.75, 3.05) is 12.4 Å². The minimum absolute atomic E-state index is 0.107. The lowest BCUT2D eigenvalue weighted by Gasteiger charge is -2.10. The number of carbonyl (C=O) groups is 1. The van der Waals surface area contributed by atoms with Crippen molar-refractivity contribution < 1.29 is 14.3 Å². The molecule has 0 aliphatic carbocycles. The first-order chi connectivity index (χ1) is 12.2. The highest BCUT2D eigenvalue weighted by atomic mass is 35.5. The van der Waals surface area contributed by atoms with Gasteiger partial charge in [-0.1, -0.05) is 17.7 Å². The Kier molecular flexibility index (Phi) is 5.20. The first-order valence-corrected chi connectivity index (χ1v) is 7.89. The molecule has 2 aromatic carbocycles. The summed E-state index contributed by atoms with van der Waals surface area (Å²) in [5, 5.41) is 7.57. The molecule has 0 bridgehead atoms. The summed E-state index contributed by atoms with van der Waals surface area (Å²) in [6.45, 7) is 0.107. The van der Waals surface area contributed by atoms with Gasteiger partial charge in [-0.15, -0.1) is 0 Å². The second-order valence-corrected chi connectivity index (χ2v) is 5.57. The van der Waals surface area contributed by atoms with E-state index in [9.17, 15) is 4.79 Å². The molecule has 0 fully saturated rings. The summed E-state index contributed by atoms with van der Waals surface area (Å²) in [4.78, 5) is 12.5. The van der Waals surface area contributed by atoms with E-state index < -0.39 is 0 Å². The Morgan fingerprint density at radius 2 is 1.96 bits per heavy atom. The summed E-state index contributed by atoms with van der Waals surface area (Å²) in [5.41, 5.74) is 1.02. The number of halogens is 1. The molecule has 0 unspecified atom stereocenters. The van der Waals surface area contributed by atoms with Gasteiger partial charge in [0.2, 0.25) is 0 Å². The number of hydrogen-bond donors (Lipinski definition) is 1. The number of amides is 1. The molecule has 0 saturated carbocycles. The fourth-order valence-corrected chi connectivity index (χ4v) is 2.32. The molecule has 0 spiro atoms. The monoisotopic (exact) mass is 357 g/mol. The maximum absolute atomic E-state index is 12.5. The number of nitrogens with one attached hydrogen (secondary N) is 1. The van der Waals surface area contributed by atoms with E-state index in [1.165, 1.54) is 4.68 Å². The zero-order valence-electron chi connectivity index (χ0n) is 13.5. The van der Waals surface area contributed by atoms with Gasteiger partial charge in [0.1, 0.15) is 17.2 Å². The fourth-order valence-electron chi connectivity index (χ4n) is 2.19. The normalized spacial score (nSPS) is 10.3. The Labute approximate surface area is 149 Å². The van der Waals surface area contributed by atoms with Crippen LogP contribution in [0.5, 0.6) is 11.5 Å². The molecule has 25 heavy (non-hydrogen) atoms. The maximum atomic E-state index is 12.5. The Hall–Kier alpha value is -2.99. The van der Waals surface area contributed by atoms with Crippen LogP contribution in [0.3, 0.4) is 0 Å².